The summed E-state index contributed by atoms with van der Waals surface area (Å²) >= 11 is 0. The predicted molar refractivity (Wildman–Crippen MR) is 230 cm³/mol. The molecular formula is C46H90N2O7. The molecule has 9 heteroatoms. The van der Waals surface area contributed by atoms with E-state index in [2.05, 4.69) is 39.2 Å². The summed E-state index contributed by atoms with van der Waals surface area (Å²) < 4.78 is 22.8. The third kappa shape index (κ3) is 33.7. The van der Waals surface area contributed by atoms with Crippen LogP contribution in [0.3, 0.4) is 0 Å². The summed E-state index contributed by atoms with van der Waals surface area (Å²) in [7, 11) is 3.90. The van der Waals surface area contributed by atoms with E-state index in [4.69, 9.17) is 18.9 Å². The molecule has 0 bridgehead atoms. The van der Waals surface area contributed by atoms with Gasteiger partial charge < -0.3 is 23.8 Å². The highest BCUT2D eigenvalue weighted by molar-refractivity contribution is 5.72. The summed E-state index contributed by atoms with van der Waals surface area (Å²) in [6.07, 6.45) is 24.1. The van der Waals surface area contributed by atoms with Crippen LogP contribution in [0.4, 0.5) is 0 Å². The van der Waals surface area contributed by atoms with E-state index in [1.54, 1.807) is 0 Å². The molecule has 0 spiro atoms. The van der Waals surface area contributed by atoms with Gasteiger partial charge in [-0.3, -0.25) is 19.3 Å². The Morgan fingerprint density at radius 3 is 1.71 bits per heavy atom. The molecule has 3 atom stereocenters. The lowest BCUT2D eigenvalue weighted by Crippen LogP contribution is -2.33. The van der Waals surface area contributed by atoms with Crippen LogP contribution in [0.1, 0.15) is 196 Å². The average molecular weight is 783 g/mol. The Morgan fingerprint density at radius 2 is 1.16 bits per heavy atom. The van der Waals surface area contributed by atoms with Crippen molar-refractivity contribution < 1.29 is 33.3 Å². The molecule has 0 amide bonds. The maximum absolute atomic E-state index is 12.9. The Bertz CT molecular complexity index is 913. The van der Waals surface area contributed by atoms with Gasteiger partial charge in [-0.25, -0.2) is 0 Å². The Hall–Kier alpha value is -2.13. The van der Waals surface area contributed by atoms with Gasteiger partial charge in [-0.2, -0.15) is 0 Å². The minimum Gasteiger partial charge on any atom is -0.497 e. The van der Waals surface area contributed by atoms with Crippen molar-refractivity contribution in [2.75, 3.05) is 53.6 Å². The number of hydrogen-bond donors (Lipinski definition) is 0. The smallest absolute Gasteiger partial charge is 0.308 e. The van der Waals surface area contributed by atoms with Crippen LogP contribution < -0.4 is 0 Å². The highest BCUT2D eigenvalue weighted by Crippen LogP contribution is 2.27. The van der Waals surface area contributed by atoms with Crippen LogP contribution in [-0.2, 0) is 33.3 Å². The monoisotopic (exact) mass is 783 g/mol. The number of nitrogens with zero attached hydrogens (tertiary/aromatic N) is 2. The summed E-state index contributed by atoms with van der Waals surface area (Å²) in [5.74, 6) is 0.426. The van der Waals surface area contributed by atoms with Crippen LogP contribution in [0, 0.1) is 5.92 Å². The zero-order valence-electron chi connectivity index (χ0n) is 37.7. The first-order valence-corrected chi connectivity index (χ1v) is 22.8. The molecular weight excluding hydrogens is 693 g/mol. The van der Waals surface area contributed by atoms with Crippen molar-refractivity contribution in [1.29, 1.82) is 0 Å². The largest absolute Gasteiger partial charge is 0.497 e. The second-order valence-electron chi connectivity index (χ2n) is 15.4. The number of carbonyl (C=O) groups excluding carboxylic acids is 3. The Kier molecular flexibility index (Phi) is 40.1. The summed E-state index contributed by atoms with van der Waals surface area (Å²) in [4.78, 5) is 40.7. The molecule has 0 N–H and O–H groups in total. The van der Waals surface area contributed by atoms with Gasteiger partial charge in [0.25, 0.3) is 0 Å². The molecule has 0 aliphatic carbocycles. The molecule has 0 aromatic heterocycles. The molecule has 1 aliphatic heterocycles. The molecule has 1 aliphatic rings. The number of esters is 3. The maximum Gasteiger partial charge on any atom is 0.308 e. The summed E-state index contributed by atoms with van der Waals surface area (Å²) in [5.41, 5.74) is 0. The van der Waals surface area contributed by atoms with Crippen LogP contribution in [0.5, 0.6) is 0 Å². The lowest BCUT2D eigenvalue weighted by molar-refractivity contribution is -0.150. The van der Waals surface area contributed by atoms with Gasteiger partial charge in [0, 0.05) is 26.4 Å². The molecule has 326 valence electrons. The highest BCUT2D eigenvalue weighted by atomic mass is 16.5. The van der Waals surface area contributed by atoms with E-state index in [1.165, 1.54) is 64.7 Å². The van der Waals surface area contributed by atoms with Crippen molar-refractivity contribution in [2.45, 2.75) is 208 Å². The molecule has 3 unspecified atom stereocenters. The van der Waals surface area contributed by atoms with E-state index >= 15 is 0 Å². The van der Waals surface area contributed by atoms with Crippen molar-refractivity contribution in [3.63, 3.8) is 0 Å². The average Bonchev–Trinajstić information content (AvgIpc) is 3.56. The van der Waals surface area contributed by atoms with Gasteiger partial charge in [0.1, 0.15) is 11.9 Å². The molecule has 0 aromatic carbocycles. The number of ether oxygens (including phenoxy) is 4. The minimum atomic E-state index is -0.231. The third-order valence-corrected chi connectivity index (χ3v) is 9.66. The van der Waals surface area contributed by atoms with Gasteiger partial charge in [0.15, 0.2) is 0 Å². The number of carbonyl (C=O) groups is 3. The fourth-order valence-corrected chi connectivity index (χ4v) is 6.59. The quantitative estimate of drug-likeness (QED) is 0.0279. The van der Waals surface area contributed by atoms with E-state index in [0.29, 0.717) is 45.8 Å². The van der Waals surface area contributed by atoms with E-state index in [1.807, 2.05) is 32.8 Å². The highest BCUT2D eigenvalue weighted by Gasteiger charge is 2.36. The van der Waals surface area contributed by atoms with Crippen LogP contribution in [0.15, 0.2) is 12.3 Å². The second kappa shape index (κ2) is 40.1. The normalized spacial score (nSPS) is 15.7. The Morgan fingerprint density at radius 1 is 0.691 bits per heavy atom. The van der Waals surface area contributed by atoms with Gasteiger partial charge in [-0.1, -0.05) is 132 Å². The van der Waals surface area contributed by atoms with E-state index in [9.17, 15) is 14.4 Å². The van der Waals surface area contributed by atoms with Crippen molar-refractivity contribution in [2.24, 2.45) is 5.92 Å². The number of likely N-dealkylation sites (tertiary alicyclic amines) is 1. The molecule has 1 heterocycles. The van der Waals surface area contributed by atoms with E-state index < -0.39 is 0 Å². The number of unbranched alkanes of at least 4 members (excludes halogenated alkanes) is 14. The first-order valence-electron chi connectivity index (χ1n) is 22.8. The first-order chi connectivity index (χ1) is 26.6. The second-order valence-corrected chi connectivity index (χ2v) is 15.4. The molecule has 0 aromatic rings. The van der Waals surface area contributed by atoms with Crippen molar-refractivity contribution in [1.82, 2.24) is 9.80 Å². The van der Waals surface area contributed by atoms with Gasteiger partial charge in [-0.05, 0) is 72.0 Å². The number of hydrogen-bond acceptors (Lipinski definition) is 9. The Balaban J connectivity index is 0. The van der Waals surface area contributed by atoms with E-state index in [0.717, 1.165) is 89.4 Å². The van der Waals surface area contributed by atoms with Crippen LogP contribution >= 0.6 is 0 Å². The zero-order valence-corrected chi connectivity index (χ0v) is 37.7. The maximum atomic E-state index is 12.9. The van der Waals surface area contributed by atoms with Crippen LogP contribution in [-0.4, -0.2) is 93.4 Å². The standard InChI is InChI=1S/C41H76N2O7.C3H8.C2H6/c1-7-9-11-13-14-20-26-37(25-19-12-10-8-2)41(46)49-32-24-18-17-22-30-47-35(3)39-33-38(50-40(45)27-29-42(5)6)34-43(39)28-21-15-16-23-31-48-36(4)44;1-3-2;1-2/h37-39H,3,7-34H2,1-2,4-6H3;3H2,1-2H3;1-2H3. The fraction of sp³-hybridized carbons (Fsp3) is 0.891. The third-order valence-electron chi connectivity index (χ3n) is 9.66. The van der Waals surface area contributed by atoms with Gasteiger partial charge in [-0.15, -0.1) is 0 Å². The van der Waals surface area contributed by atoms with Crippen LogP contribution in [0.2, 0.25) is 0 Å². The minimum absolute atomic E-state index is 0.0134. The van der Waals surface area contributed by atoms with E-state index in [-0.39, 0.29) is 36.0 Å². The summed E-state index contributed by atoms with van der Waals surface area (Å²) in [6, 6.07) is 0.0216. The summed E-state index contributed by atoms with van der Waals surface area (Å²) in [6.45, 7) is 22.3. The fourth-order valence-electron chi connectivity index (χ4n) is 6.59. The first kappa shape index (κ1) is 55.0. The molecule has 55 heavy (non-hydrogen) atoms. The zero-order chi connectivity index (χ0) is 41.5. The molecule has 0 radical (unpaired) electrons. The molecule has 1 saturated heterocycles. The predicted octanol–water partition coefficient (Wildman–Crippen LogP) is 11.5. The SMILES string of the molecule is C=C(OCCCCCCOC(=O)C(CCCCCC)CCCCCCCC)C1CC(OC(=O)CCN(C)C)CN1CCCCCCOC(C)=O.CC.CCC. The van der Waals surface area contributed by atoms with Gasteiger partial charge >= 0.3 is 17.9 Å². The molecule has 9 nitrogen and oxygen atoms in total. The molecule has 1 fully saturated rings. The lowest BCUT2D eigenvalue weighted by atomic mass is 9.94. The van der Waals surface area contributed by atoms with Gasteiger partial charge in [0.05, 0.1) is 38.2 Å². The topological polar surface area (TPSA) is 94.6 Å². The van der Waals surface area contributed by atoms with Crippen molar-refractivity contribution in [3.8, 4) is 0 Å². The lowest BCUT2D eigenvalue weighted by Gasteiger charge is -2.25. The Labute approximate surface area is 340 Å². The van der Waals surface area contributed by atoms with Crippen molar-refractivity contribution in [3.05, 3.63) is 12.3 Å². The van der Waals surface area contributed by atoms with Crippen LogP contribution in [0.25, 0.3) is 0 Å². The van der Waals surface area contributed by atoms with Gasteiger partial charge in [0.2, 0.25) is 0 Å². The molecule has 1 rings (SSSR count). The molecule has 0 saturated carbocycles. The van der Waals surface area contributed by atoms with Crippen molar-refractivity contribution >= 4 is 17.9 Å². The number of rotatable bonds is 33. The summed E-state index contributed by atoms with van der Waals surface area (Å²) in [5, 5.41) is 0.